The summed E-state index contributed by atoms with van der Waals surface area (Å²) in [6, 6.07) is 18.7. The van der Waals surface area contributed by atoms with Gasteiger partial charge in [-0.25, -0.2) is 0 Å². The fourth-order valence-electron chi connectivity index (χ4n) is 4.44. The molecule has 5 nitrogen and oxygen atoms in total. The van der Waals surface area contributed by atoms with Crippen LogP contribution in [0.1, 0.15) is 57.7 Å². The number of nitrogens with zero attached hydrogens (tertiary/aromatic N) is 3. The van der Waals surface area contributed by atoms with Crippen molar-refractivity contribution in [3.05, 3.63) is 88.2 Å². The second kappa shape index (κ2) is 9.92. The molecule has 5 heteroatoms. The van der Waals surface area contributed by atoms with E-state index in [2.05, 4.69) is 51.7 Å². The Morgan fingerprint density at radius 1 is 0.903 bits per heavy atom. The first-order valence-corrected chi connectivity index (χ1v) is 11.3. The van der Waals surface area contributed by atoms with Gasteiger partial charge in [0.15, 0.2) is 0 Å². The van der Waals surface area contributed by atoms with Gasteiger partial charge in [-0.1, -0.05) is 61.0 Å². The summed E-state index contributed by atoms with van der Waals surface area (Å²) in [6.45, 7) is 8.37. The third kappa shape index (κ3) is 5.23. The summed E-state index contributed by atoms with van der Waals surface area (Å²) in [6.07, 6.45) is 3.90. The van der Waals surface area contributed by atoms with Crippen molar-refractivity contribution < 1.29 is 4.79 Å². The average molecular weight is 417 g/mol. The quantitative estimate of drug-likeness (QED) is 0.618. The number of carbonyl (C=O) groups is 1. The SMILES string of the molecule is Cc1nn(Cc2ccccc2)c(C)c1C(=O)NCc1ccccc1CN1CCCCC1. The minimum absolute atomic E-state index is 0.0536. The lowest BCUT2D eigenvalue weighted by atomic mass is 10.0. The second-order valence-corrected chi connectivity index (χ2v) is 8.48. The maximum Gasteiger partial charge on any atom is 0.255 e. The van der Waals surface area contributed by atoms with E-state index in [1.807, 2.05) is 36.7 Å². The first kappa shape index (κ1) is 21.3. The Morgan fingerprint density at radius 2 is 1.58 bits per heavy atom. The molecule has 2 aromatic carbocycles. The molecule has 2 heterocycles. The van der Waals surface area contributed by atoms with Crippen molar-refractivity contribution in [3.8, 4) is 0 Å². The van der Waals surface area contributed by atoms with Gasteiger partial charge in [0.1, 0.15) is 0 Å². The van der Waals surface area contributed by atoms with Crippen LogP contribution in [0, 0.1) is 13.8 Å². The molecular weight excluding hydrogens is 384 g/mol. The van der Waals surface area contributed by atoms with E-state index >= 15 is 0 Å². The Bertz CT molecular complexity index is 1020. The summed E-state index contributed by atoms with van der Waals surface area (Å²) in [4.78, 5) is 15.6. The van der Waals surface area contributed by atoms with Gasteiger partial charge in [-0.15, -0.1) is 0 Å². The van der Waals surface area contributed by atoms with E-state index in [0.717, 1.165) is 17.9 Å². The van der Waals surface area contributed by atoms with Crippen LogP contribution >= 0.6 is 0 Å². The van der Waals surface area contributed by atoms with Crippen LogP contribution in [0.15, 0.2) is 54.6 Å². The van der Waals surface area contributed by atoms with E-state index < -0.39 is 0 Å². The van der Waals surface area contributed by atoms with Crippen molar-refractivity contribution >= 4 is 5.91 Å². The Morgan fingerprint density at radius 3 is 2.32 bits per heavy atom. The monoisotopic (exact) mass is 416 g/mol. The highest BCUT2D eigenvalue weighted by molar-refractivity contribution is 5.96. The lowest BCUT2D eigenvalue weighted by Crippen LogP contribution is -2.30. The number of amides is 1. The van der Waals surface area contributed by atoms with Gasteiger partial charge in [0.25, 0.3) is 5.91 Å². The van der Waals surface area contributed by atoms with Crippen molar-refractivity contribution in [1.29, 1.82) is 0 Å². The van der Waals surface area contributed by atoms with E-state index in [1.165, 1.54) is 49.0 Å². The van der Waals surface area contributed by atoms with E-state index in [0.29, 0.717) is 18.7 Å². The number of benzene rings is 2. The van der Waals surface area contributed by atoms with Gasteiger partial charge in [-0.05, 0) is 56.5 Å². The Hall–Kier alpha value is -2.92. The molecule has 0 saturated carbocycles. The van der Waals surface area contributed by atoms with E-state index in [9.17, 15) is 4.79 Å². The number of aryl methyl sites for hydroxylation is 1. The number of hydrogen-bond donors (Lipinski definition) is 1. The van der Waals surface area contributed by atoms with Crippen LogP contribution in [0.25, 0.3) is 0 Å². The minimum Gasteiger partial charge on any atom is -0.348 e. The molecule has 0 bridgehead atoms. The summed E-state index contributed by atoms with van der Waals surface area (Å²) in [5.74, 6) is -0.0536. The zero-order chi connectivity index (χ0) is 21.6. The van der Waals surface area contributed by atoms with Crippen LogP contribution < -0.4 is 5.32 Å². The van der Waals surface area contributed by atoms with Crippen LogP contribution in [0.2, 0.25) is 0 Å². The number of likely N-dealkylation sites (tertiary alicyclic amines) is 1. The number of nitrogens with one attached hydrogen (secondary N) is 1. The lowest BCUT2D eigenvalue weighted by Gasteiger charge is -2.27. The second-order valence-electron chi connectivity index (χ2n) is 8.48. The fraction of sp³-hybridized carbons (Fsp3) is 0.385. The highest BCUT2D eigenvalue weighted by atomic mass is 16.1. The van der Waals surface area contributed by atoms with Crippen LogP contribution in [0.5, 0.6) is 0 Å². The summed E-state index contributed by atoms with van der Waals surface area (Å²) >= 11 is 0. The van der Waals surface area contributed by atoms with Gasteiger partial charge in [-0.3, -0.25) is 14.4 Å². The molecule has 0 atom stereocenters. The summed E-state index contributed by atoms with van der Waals surface area (Å²) in [5, 5.41) is 7.77. The van der Waals surface area contributed by atoms with Crippen LogP contribution in [0.4, 0.5) is 0 Å². The molecule has 0 aliphatic carbocycles. The normalized spacial score (nSPS) is 14.5. The molecule has 31 heavy (non-hydrogen) atoms. The molecule has 1 amide bonds. The first-order chi connectivity index (χ1) is 15.1. The van der Waals surface area contributed by atoms with Crippen molar-refractivity contribution in [2.24, 2.45) is 0 Å². The molecule has 162 valence electrons. The highest BCUT2D eigenvalue weighted by Crippen LogP contribution is 2.18. The number of carbonyl (C=O) groups excluding carboxylic acids is 1. The predicted octanol–water partition coefficient (Wildman–Crippen LogP) is 4.46. The van der Waals surface area contributed by atoms with Gasteiger partial charge in [0, 0.05) is 18.8 Å². The smallest absolute Gasteiger partial charge is 0.255 e. The van der Waals surface area contributed by atoms with Gasteiger partial charge in [0.05, 0.1) is 17.8 Å². The minimum atomic E-state index is -0.0536. The van der Waals surface area contributed by atoms with E-state index in [1.54, 1.807) is 0 Å². The molecule has 0 spiro atoms. The van der Waals surface area contributed by atoms with Crippen molar-refractivity contribution in [2.45, 2.75) is 52.7 Å². The van der Waals surface area contributed by atoms with Crippen molar-refractivity contribution in [3.63, 3.8) is 0 Å². The molecular formula is C26H32N4O. The molecule has 0 unspecified atom stereocenters. The number of rotatable bonds is 7. The third-order valence-electron chi connectivity index (χ3n) is 6.18. The largest absolute Gasteiger partial charge is 0.348 e. The van der Waals surface area contributed by atoms with Gasteiger partial charge in [-0.2, -0.15) is 5.10 Å². The van der Waals surface area contributed by atoms with Crippen LogP contribution in [-0.2, 0) is 19.6 Å². The van der Waals surface area contributed by atoms with Crippen molar-refractivity contribution in [2.75, 3.05) is 13.1 Å². The number of aromatic nitrogens is 2. The Labute approximate surface area is 185 Å². The molecule has 1 aromatic heterocycles. The predicted molar refractivity (Wildman–Crippen MR) is 124 cm³/mol. The zero-order valence-electron chi connectivity index (χ0n) is 18.6. The molecule has 1 N–H and O–H groups in total. The maximum atomic E-state index is 13.1. The Balaban J connectivity index is 1.43. The molecule has 1 saturated heterocycles. The molecule has 3 aromatic rings. The maximum absolute atomic E-state index is 13.1. The first-order valence-electron chi connectivity index (χ1n) is 11.3. The topological polar surface area (TPSA) is 50.2 Å². The summed E-state index contributed by atoms with van der Waals surface area (Å²) in [5.41, 5.74) is 6.02. The number of hydrogen-bond acceptors (Lipinski definition) is 3. The molecule has 1 fully saturated rings. The van der Waals surface area contributed by atoms with Gasteiger partial charge < -0.3 is 5.32 Å². The summed E-state index contributed by atoms with van der Waals surface area (Å²) in [7, 11) is 0. The highest BCUT2D eigenvalue weighted by Gasteiger charge is 2.19. The van der Waals surface area contributed by atoms with Crippen LogP contribution in [-0.4, -0.2) is 33.7 Å². The fourth-order valence-corrected chi connectivity index (χ4v) is 4.44. The molecule has 1 aliphatic rings. The molecule has 1 aliphatic heterocycles. The number of piperidine rings is 1. The van der Waals surface area contributed by atoms with E-state index in [4.69, 9.17) is 0 Å². The van der Waals surface area contributed by atoms with Gasteiger partial charge >= 0.3 is 0 Å². The third-order valence-corrected chi connectivity index (χ3v) is 6.18. The van der Waals surface area contributed by atoms with Gasteiger partial charge in [0.2, 0.25) is 0 Å². The average Bonchev–Trinajstić information content (AvgIpc) is 3.07. The molecule has 0 radical (unpaired) electrons. The van der Waals surface area contributed by atoms with E-state index in [-0.39, 0.29) is 5.91 Å². The van der Waals surface area contributed by atoms with Crippen molar-refractivity contribution in [1.82, 2.24) is 20.0 Å². The standard InChI is InChI=1S/C26H32N4O/c1-20-25(21(2)30(28-20)18-22-11-5-3-6-12-22)26(31)27-17-23-13-7-8-14-24(23)19-29-15-9-4-10-16-29/h3,5-8,11-14H,4,9-10,15-19H2,1-2H3,(H,27,31). The van der Waals surface area contributed by atoms with Crippen LogP contribution in [0.3, 0.4) is 0 Å². The lowest BCUT2D eigenvalue weighted by molar-refractivity contribution is 0.0949. The Kier molecular flexibility index (Phi) is 6.82. The summed E-state index contributed by atoms with van der Waals surface area (Å²) < 4.78 is 1.92. The molecule has 4 rings (SSSR count). The zero-order valence-corrected chi connectivity index (χ0v) is 18.6.